The van der Waals surface area contributed by atoms with E-state index in [0.717, 1.165) is 0 Å². The van der Waals surface area contributed by atoms with Gasteiger partial charge in [-0.3, -0.25) is 0 Å². The normalized spacial score (nSPS) is 10.0. The molecule has 0 radical (unpaired) electrons. The van der Waals surface area contributed by atoms with Crippen LogP contribution in [0.4, 0.5) is 0 Å². The van der Waals surface area contributed by atoms with Crippen LogP contribution in [0.25, 0.3) is 5.69 Å². The molecule has 0 aromatic carbocycles. The Morgan fingerprint density at radius 2 is 2.18 bits per heavy atom. The van der Waals surface area contributed by atoms with Gasteiger partial charge in [-0.1, -0.05) is 0 Å². The Labute approximate surface area is 97.0 Å². The van der Waals surface area contributed by atoms with Gasteiger partial charge in [0.15, 0.2) is 0 Å². The van der Waals surface area contributed by atoms with Gasteiger partial charge in [0, 0.05) is 6.20 Å². The standard InChI is InChI=1S/C10H10N4O3/c1-16-9-7(4-3-5-11-9)14-6-12-8(13-14)10(15)17-2/h3-6H,1-2H3. The van der Waals surface area contributed by atoms with E-state index in [4.69, 9.17) is 4.74 Å². The van der Waals surface area contributed by atoms with Crippen molar-refractivity contribution < 1.29 is 14.3 Å². The third-order valence-electron chi connectivity index (χ3n) is 2.05. The van der Waals surface area contributed by atoms with Gasteiger partial charge in [0.25, 0.3) is 5.82 Å². The van der Waals surface area contributed by atoms with Crippen molar-refractivity contribution in [3.8, 4) is 11.6 Å². The van der Waals surface area contributed by atoms with Crippen LogP contribution in [0.1, 0.15) is 10.6 Å². The summed E-state index contributed by atoms with van der Waals surface area (Å²) in [4.78, 5) is 19.1. The number of carbonyl (C=O) groups is 1. The third kappa shape index (κ3) is 2.07. The fraction of sp³-hybridized carbons (Fsp3) is 0.200. The molecule has 2 aromatic rings. The van der Waals surface area contributed by atoms with Crippen LogP contribution in [0, 0.1) is 0 Å². The van der Waals surface area contributed by atoms with Gasteiger partial charge in [0.05, 0.1) is 14.2 Å². The maximum absolute atomic E-state index is 11.2. The van der Waals surface area contributed by atoms with Gasteiger partial charge in [0.1, 0.15) is 12.0 Å². The first-order chi connectivity index (χ1) is 8.26. The van der Waals surface area contributed by atoms with Crippen LogP contribution in [-0.4, -0.2) is 39.9 Å². The lowest BCUT2D eigenvalue weighted by Gasteiger charge is -2.04. The van der Waals surface area contributed by atoms with Crippen molar-refractivity contribution in [2.24, 2.45) is 0 Å². The van der Waals surface area contributed by atoms with Crippen molar-refractivity contribution in [1.29, 1.82) is 0 Å². The monoisotopic (exact) mass is 234 g/mol. The number of ether oxygens (including phenoxy) is 2. The minimum atomic E-state index is -0.591. The van der Waals surface area contributed by atoms with Crippen LogP contribution in [-0.2, 0) is 4.74 Å². The number of nitrogens with zero attached hydrogens (tertiary/aromatic N) is 4. The van der Waals surface area contributed by atoms with Crippen molar-refractivity contribution >= 4 is 5.97 Å². The summed E-state index contributed by atoms with van der Waals surface area (Å²) in [5.74, 6) is -0.209. The average molecular weight is 234 g/mol. The van der Waals surface area contributed by atoms with Crippen molar-refractivity contribution in [2.75, 3.05) is 14.2 Å². The van der Waals surface area contributed by atoms with Gasteiger partial charge in [-0.2, -0.15) is 0 Å². The molecule has 0 aliphatic heterocycles. The summed E-state index contributed by atoms with van der Waals surface area (Å²) in [7, 11) is 2.78. The van der Waals surface area contributed by atoms with Crippen LogP contribution in [0.5, 0.6) is 5.88 Å². The average Bonchev–Trinajstić information content (AvgIpc) is 2.87. The summed E-state index contributed by atoms with van der Waals surface area (Å²) in [5.41, 5.74) is 0.595. The highest BCUT2D eigenvalue weighted by atomic mass is 16.5. The van der Waals surface area contributed by atoms with Gasteiger partial charge < -0.3 is 9.47 Å². The van der Waals surface area contributed by atoms with Gasteiger partial charge in [0.2, 0.25) is 5.88 Å². The maximum Gasteiger partial charge on any atom is 0.377 e. The molecule has 0 saturated carbocycles. The Balaban J connectivity index is 2.40. The van der Waals surface area contributed by atoms with Gasteiger partial charge in [-0.05, 0) is 12.1 Å². The largest absolute Gasteiger partial charge is 0.479 e. The molecule has 0 fully saturated rings. The second kappa shape index (κ2) is 4.60. The summed E-state index contributed by atoms with van der Waals surface area (Å²) in [5, 5.41) is 3.97. The highest BCUT2D eigenvalue weighted by Crippen LogP contribution is 2.17. The van der Waals surface area contributed by atoms with E-state index >= 15 is 0 Å². The SMILES string of the molecule is COC(=O)c1ncn(-c2cccnc2OC)n1. The number of carbonyl (C=O) groups excluding carboxylic acids is 1. The van der Waals surface area contributed by atoms with Crippen molar-refractivity contribution in [1.82, 2.24) is 19.7 Å². The molecule has 0 bridgehead atoms. The zero-order chi connectivity index (χ0) is 12.3. The molecule has 2 rings (SSSR count). The van der Waals surface area contributed by atoms with Crippen LogP contribution in [0.15, 0.2) is 24.7 Å². The van der Waals surface area contributed by atoms with E-state index in [1.165, 1.54) is 25.2 Å². The summed E-state index contributed by atoms with van der Waals surface area (Å²) in [6.07, 6.45) is 2.99. The molecule has 17 heavy (non-hydrogen) atoms. The quantitative estimate of drug-likeness (QED) is 0.718. The Kier molecular flexibility index (Phi) is 2.99. The van der Waals surface area contributed by atoms with E-state index in [1.807, 2.05) is 0 Å². The Morgan fingerprint density at radius 3 is 2.88 bits per heavy atom. The number of hydrogen-bond donors (Lipinski definition) is 0. The number of rotatable bonds is 3. The van der Waals surface area contributed by atoms with E-state index in [2.05, 4.69) is 19.8 Å². The van der Waals surface area contributed by atoms with Crippen LogP contribution < -0.4 is 4.74 Å². The topological polar surface area (TPSA) is 79.1 Å². The lowest BCUT2D eigenvalue weighted by Crippen LogP contribution is -2.06. The lowest BCUT2D eigenvalue weighted by atomic mass is 10.4. The highest BCUT2D eigenvalue weighted by molar-refractivity contribution is 5.84. The molecule has 0 aliphatic carbocycles. The van der Waals surface area contributed by atoms with E-state index in [1.54, 1.807) is 18.3 Å². The van der Waals surface area contributed by atoms with Crippen molar-refractivity contribution in [3.05, 3.63) is 30.5 Å². The second-order valence-electron chi connectivity index (χ2n) is 3.04. The minimum absolute atomic E-state index is 0.0154. The molecule has 7 heteroatoms. The second-order valence-corrected chi connectivity index (χ2v) is 3.04. The van der Waals surface area contributed by atoms with Crippen molar-refractivity contribution in [3.63, 3.8) is 0 Å². The molecule has 0 aliphatic rings. The first-order valence-electron chi connectivity index (χ1n) is 4.75. The molecule has 0 N–H and O–H groups in total. The number of esters is 1. The fourth-order valence-corrected chi connectivity index (χ4v) is 1.28. The first kappa shape index (κ1) is 11.1. The molecular formula is C10H10N4O3. The Morgan fingerprint density at radius 1 is 1.35 bits per heavy atom. The number of methoxy groups -OCH3 is 2. The molecule has 2 heterocycles. The molecule has 0 unspecified atom stereocenters. The zero-order valence-electron chi connectivity index (χ0n) is 9.32. The van der Waals surface area contributed by atoms with Gasteiger partial charge >= 0.3 is 5.97 Å². The fourth-order valence-electron chi connectivity index (χ4n) is 1.28. The van der Waals surface area contributed by atoms with Crippen LogP contribution in [0.3, 0.4) is 0 Å². The van der Waals surface area contributed by atoms with Gasteiger partial charge in [-0.15, -0.1) is 5.10 Å². The van der Waals surface area contributed by atoms with E-state index in [0.29, 0.717) is 11.6 Å². The molecule has 0 amide bonds. The molecule has 0 saturated heterocycles. The molecular weight excluding hydrogens is 224 g/mol. The van der Waals surface area contributed by atoms with Crippen molar-refractivity contribution in [2.45, 2.75) is 0 Å². The molecule has 88 valence electrons. The molecule has 7 nitrogen and oxygen atoms in total. The maximum atomic E-state index is 11.2. The van der Waals surface area contributed by atoms with Crippen LogP contribution >= 0.6 is 0 Å². The number of aromatic nitrogens is 4. The predicted octanol–water partition coefficient (Wildman–Crippen LogP) is 0.458. The van der Waals surface area contributed by atoms with E-state index in [-0.39, 0.29) is 5.82 Å². The summed E-state index contributed by atoms with van der Waals surface area (Å²) >= 11 is 0. The Bertz CT molecular complexity index is 538. The Hall–Kier alpha value is -2.44. The smallest absolute Gasteiger partial charge is 0.377 e. The van der Waals surface area contributed by atoms with E-state index < -0.39 is 5.97 Å². The summed E-state index contributed by atoms with van der Waals surface area (Å²) < 4.78 is 11.0. The predicted molar refractivity (Wildman–Crippen MR) is 57.0 cm³/mol. The molecule has 2 aromatic heterocycles. The summed E-state index contributed by atoms with van der Waals surface area (Å²) in [6, 6.07) is 3.49. The summed E-state index contributed by atoms with van der Waals surface area (Å²) in [6.45, 7) is 0. The molecule has 0 spiro atoms. The third-order valence-corrected chi connectivity index (χ3v) is 2.05. The lowest BCUT2D eigenvalue weighted by molar-refractivity contribution is 0.0587. The van der Waals surface area contributed by atoms with Gasteiger partial charge in [-0.25, -0.2) is 19.4 Å². The first-order valence-corrected chi connectivity index (χ1v) is 4.75. The minimum Gasteiger partial charge on any atom is -0.479 e. The molecule has 0 atom stereocenters. The highest BCUT2D eigenvalue weighted by Gasteiger charge is 2.14. The zero-order valence-corrected chi connectivity index (χ0v) is 9.32. The number of hydrogen-bond acceptors (Lipinski definition) is 6. The number of pyridine rings is 1. The van der Waals surface area contributed by atoms with E-state index in [9.17, 15) is 4.79 Å². The van der Waals surface area contributed by atoms with Crippen LogP contribution in [0.2, 0.25) is 0 Å².